The maximum atomic E-state index is 12.8. The molecule has 164 valence electrons. The van der Waals surface area contributed by atoms with Gasteiger partial charge in [0, 0.05) is 21.9 Å². The average Bonchev–Trinajstić information content (AvgIpc) is 3.08. The molecule has 0 unspecified atom stereocenters. The highest BCUT2D eigenvalue weighted by molar-refractivity contribution is 7.99. The summed E-state index contributed by atoms with van der Waals surface area (Å²) in [6.07, 6.45) is -2.55. The Balaban J connectivity index is 1.74. The highest BCUT2D eigenvalue weighted by Crippen LogP contribution is 2.38. The molecule has 1 atom stereocenters. The molecule has 1 heterocycles. The van der Waals surface area contributed by atoms with Crippen LogP contribution in [0.1, 0.15) is 34.6 Å². The van der Waals surface area contributed by atoms with Crippen molar-refractivity contribution in [2.75, 3.05) is 6.61 Å². The number of halogens is 3. The quantitative estimate of drug-likeness (QED) is 0.459. The van der Waals surface area contributed by atoms with E-state index in [1.807, 2.05) is 39.1 Å². The van der Waals surface area contributed by atoms with Crippen LogP contribution in [0, 0.1) is 13.8 Å². The molecule has 0 aliphatic heterocycles. The molecule has 0 saturated carbocycles. The predicted molar refractivity (Wildman–Crippen MR) is 112 cm³/mol. The highest BCUT2D eigenvalue weighted by Gasteiger charge is 2.30. The number of hydrogen-bond donors (Lipinski definition) is 1. The zero-order valence-corrected chi connectivity index (χ0v) is 17.9. The van der Waals surface area contributed by atoms with Crippen LogP contribution in [-0.4, -0.2) is 27.5 Å². The van der Waals surface area contributed by atoms with Crippen molar-refractivity contribution in [1.29, 1.82) is 0 Å². The van der Waals surface area contributed by atoms with E-state index in [0.717, 1.165) is 33.8 Å². The Morgan fingerprint density at radius 2 is 1.87 bits per heavy atom. The van der Waals surface area contributed by atoms with Crippen LogP contribution in [0.5, 0.6) is 5.75 Å². The van der Waals surface area contributed by atoms with E-state index in [0.29, 0.717) is 11.4 Å². The number of carboxylic acids is 1. The third-order valence-corrected chi connectivity index (χ3v) is 5.78. The first-order valence-electron chi connectivity index (χ1n) is 9.40. The molecule has 0 amide bonds. The standard InChI is InChI=1S/C22H21F3N2O3S/c1-13-10-18(8-9-20(13)30-12-21(28)29)31-15(3)19-11-27(26-14(19)2)17-6-4-16(5-7-17)22(23,24)25/h4-11,15H,12H2,1-3H3,(H,28,29)/t15-/m0/s1. The van der Waals surface area contributed by atoms with Gasteiger partial charge in [0.2, 0.25) is 0 Å². The number of benzene rings is 2. The molecule has 1 aromatic heterocycles. The Hall–Kier alpha value is -2.94. The van der Waals surface area contributed by atoms with Gasteiger partial charge in [0.05, 0.1) is 16.9 Å². The number of aromatic nitrogens is 2. The molecule has 5 nitrogen and oxygen atoms in total. The first-order valence-corrected chi connectivity index (χ1v) is 10.3. The summed E-state index contributed by atoms with van der Waals surface area (Å²) in [5.41, 5.74) is 2.44. The van der Waals surface area contributed by atoms with Crippen molar-refractivity contribution < 1.29 is 27.8 Å². The second-order valence-electron chi connectivity index (χ2n) is 7.03. The molecule has 0 radical (unpaired) electrons. The van der Waals surface area contributed by atoms with E-state index in [1.54, 1.807) is 22.5 Å². The number of ether oxygens (including phenoxy) is 1. The van der Waals surface area contributed by atoms with Crippen LogP contribution in [0.15, 0.2) is 53.6 Å². The van der Waals surface area contributed by atoms with Crippen LogP contribution < -0.4 is 4.74 Å². The largest absolute Gasteiger partial charge is 0.482 e. The zero-order chi connectivity index (χ0) is 22.8. The first kappa shape index (κ1) is 22.7. The topological polar surface area (TPSA) is 64.4 Å². The van der Waals surface area contributed by atoms with Crippen molar-refractivity contribution in [3.05, 3.63) is 71.0 Å². The lowest BCUT2D eigenvalue weighted by Crippen LogP contribution is -2.10. The molecular weight excluding hydrogens is 429 g/mol. The summed E-state index contributed by atoms with van der Waals surface area (Å²) in [6, 6.07) is 10.4. The number of nitrogens with zero attached hydrogens (tertiary/aromatic N) is 2. The summed E-state index contributed by atoms with van der Waals surface area (Å²) in [6.45, 7) is 5.34. The van der Waals surface area contributed by atoms with Crippen LogP contribution >= 0.6 is 11.8 Å². The minimum absolute atomic E-state index is 0.0355. The van der Waals surface area contributed by atoms with Gasteiger partial charge in [0.1, 0.15) is 5.75 Å². The minimum Gasteiger partial charge on any atom is -0.482 e. The molecule has 2 aromatic carbocycles. The van der Waals surface area contributed by atoms with Gasteiger partial charge in [-0.3, -0.25) is 0 Å². The molecule has 31 heavy (non-hydrogen) atoms. The van der Waals surface area contributed by atoms with E-state index < -0.39 is 24.3 Å². The van der Waals surface area contributed by atoms with Gasteiger partial charge in [-0.15, -0.1) is 11.8 Å². The van der Waals surface area contributed by atoms with Crippen molar-refractivity contribution >= 4 is 17.7 Å². The molecule has 0 fully saturated rings. The normalized spacial score (nSPS) is 12.6. The van der Waals surface area contributed by atoms with E-state index in [-0.39, 0.29) is 5.25 Å². The van der Waals surface area contributed by atoms with Gasteiger partial charge in [-0.25, -0.2) is 9.48 Å². The number of hydrogen-bond acceptors (Lipinski definition) is 4. The summed E-state index contributed by atoms with van der Waals surface area (Å²) in [4.78, 5) is 11.6. The average molecular weight is 450 g/mol. The number of rotatable bonds is 7. The third kappa shape index (κ3) is 5.61. The lowest BCUT2D eigenvalue weighted by atomic mass is 10.2. The van der Waals surface area contributed by atoms with Crippen LogP contribution in [0.25, 0.3) is 5.69 Å². The SMILES string of the molecule is Cc1cc(S[C@@H](C)c2cn(-c3ccc(C(F)(F)F)cc3)nc2C)ccc1OCC(=O)O. The van der Waals surface area contributed by atoms with Crippen molar-refractivity contribution in [1.82, 2.24) is 9.78 Å². The number of carbonyl (C=O) groups is 1. The van der Waals surface area contributed by atoms with Gasteiger partial charge in [-0.2, -0.15) is 18.3 Å². The van der Waals surface area contributed by atoms with Crippen LogP contribution in [0.3, 0.4) is 0 Å². The van der Waals surface area contributed by atoms with Crippen molar-refractivity contribution in [2.24, 2.45) is 0 Å². The van der Waals surface area contributed by atoms with E-state index in [2.05, 4.69) is 5.10 Å². The lowest BCUT2D eigenvalue weighted by molar-refractivity contribution is -0.139. The summed E-state index contributed by atoms with van der Waals surface area (Å²) in [5.74, 6) is -0.516. The molecule has 1 N–H and O–H groups in total. The smallest absolute Gasteiger partial charge is 0.416 e. The minimum atomic E-state index is -4.37. The predicted octanol–water partition coefficient (Wildman–Crippen LogP) is 5.82. The Labute approximate surface area is 181 Å². The number of alkyl halides is 3. The van der Waals surface area contributed by atoms with E-state index in [4.69, 9.17) is 9.84 Å². The molecular formula is C22H21F3N2O3S. The second-order valence-corrected chi connectivity index (χ2v) is 8.44. The molecule has 0 bridgehead atoms. The molecule has 0 aliphatic rings. The van der Waals surface area contributed by atoms with Gasteiger partial charge in [-0.1, -0.05) is 0 Å². The van der Waals surface area contributed by atoms with Crippen LogP contribution in [0.2, 0.25) is 0 Å². The number of thioether (sulfide) groups is 1. The fourth-order valence-electron chi connectivity index (χ4n) is 3.07. The van der Waals surface area contributed by atoms with Crippen molar-refractivity contribution in [3.63, 3.8) is 0 Å². The third-order valence-electron chi connectivity index (χ3n) is 4.64. The van der Waals surface area contributed by atoms with Gasteiger partial charge >= 0.3 is 12.1 Å². The Bertz CT molecular complexity index is 1080. The van der Waals surface area contributed by atoms with Crippen LogP contribution in [-0.2, 0) is 11.0 Å². The maximum absolute atomic E-state index is 12.8. The van der Waals surface area contributed by atoms with E-state index in [1.165, 1.54) is 12.1 Å². The molecule has 0 aliphatic carbocycles. The van der Waals surface area contributed by atoms with Crippen molar-refractivity contribution in [2.45, 2.75) is 37.1 Å². The molecule has 0 saturated heterocycles. The van der Waals surface area contributed by atoms with Gasteiger partial charge in [0.25, 0.3) is 0 Å². The van der Waals surface area contributed by atoms with Gasteiger partial charge in [-0.05, 0) is 68.8 Å². The number of aliphatic carboxylic acids is 1. The fraction of sp³-hybridized carbons (Fsp3) is 0.273. The number of carboxylic acid groups (broad SMARTS) is 1. The summed E-state index contributed by atoms with van der Waals surface area (Å²) in [7, 11) is 0. The monoisotopic (exact) mass is 450 g/mol. The first-order chi connectivity index (χ1) is 14.5. The molecule has 3 rings (SSSR count). The molecule has 3 aromatic rings. The summed E-state index contributed by atoms with van der Waals surface area (Å²) in [5, 5.41) is 13.2. The summed E-state index contributed by atoms with van der Waals surface area (Å²) >= 11 is 1.60. The lowest BCUT2D eigenvalue weighted by Gasteiger charge is -2.13. The Kier molecular flexibility index (Phi) is 6.64. The number of aryl methyl sites for hydroxylation is 2. The second kappa shape index (κ2) is 9.05. The Morgan fingerprint density at radius 3 is 2.45 bits per heavy atom. The van der Waals surface area contributed by atoms with E-state index >= 15 is 0 Å². The summed E-state index contributed by atoms with van der Waals surface area (Å²) < 4.78 is 45.2. The van der Waals surface area contributed by atoms with Crippen LogP contribution in [0.4, 0.5) is 13.2 Å². The van der Waals surface area contributed by atoms with E-state index in [9.17, 15) is 18.0 Å². The fourth-order valence-corrected chi connectivity index (χ4v) is 4.23. The molecule has 9 heteroatoms. The molecule has 0 spiro atoms. The highest BCUT2D eigenvalue weighted by atomic mass is 32.2. The van der Waals surface area contributed by atoms with Crippen molar-refractivity contribution in [3.8, 4) is 11.4 Å². The maximum Gasteiger partial charge on any atom is 0.416 e. The van der Waals surface area contributed by atoms with Gasteiger partial charge in [0.15, 0.2) is 6.61 Å². The zero-order valence-electron chi connectivity index (χ0n) is 17.1. The van der Waals surface area contributed by atoms with Gasteiger partial charge < -0.3 is 9.84 Å². The Morgan fingerprint density at radius 1 is 1.19 bits per heavy atom.